The SMILES string of the molecule is CN(C)[C@@H]1CCCN(S(=O)(=O)N2CCC[C@@H]2c2ccco2)C1. The minimum atomic E-state index is -3.42. The molecule has 1 aromatic rings. The van der Waals surface area contributed by atoms with Crippen molar-refractivity contribution in [2.45, 2.75) is 37.8 Å². The summed E-state index contributed by atoms with van der Waals surface area (Å²) in [6.07, 6.45) is 5.30. The molecule has 1 aromatic heterocycles. The van der Waals surface area contributed by atoms with Gasteiger partial charge in [0, 0.05) is 25.7 Å². The number of rotatable bonds is 4. The van der Waals surface area contributed by atoms with Crippen molar-refractivity contribution in [3.05, 3.63) is 24.2 Å². The minimum Gasteiger partial charge on any atom is -0.468 e. The van der Waals surface area contributed by atoms with Gasteiger partial charge in [-0.3, -0.25) is 0 Å². The monoisotopic (exact) mass is 327 g/mol. The quantitative estimate of drug-likeness (QED) is 0.844. The Balaban J connectivity index is 1.80. The second-order valence-electron chi connectivity index (χ2n) is 6.41. The summed E-state index contributed by atoms with van der Waals surface area (Å²) >= 11 is 0. The van der Waals surface area contributed by atoms with Crippen molar-refractivity contribution in [3.8, 4) is 0 Å². The molecule has 0 aromatic carbocycles. The second kappa shape index (κ2) is 6.31. The molecule has 2 fully saturated rings. The predicted octanol–water partition coefficient (Wildman–Crippen LogP) is 1.69. The first-order valence-corrected chi connectivity index (χ1v) is 9.36. The van der Waals surface area contributed by atoms with Gasteiger partial charge in [-0.1, -0.05) is 0 Å². The van der Waals surface area contributed by atoms with E-state index in [0.29, 0.717) is 25.7 Å². The summed E-state index contributed by atoms with van der Waals surface area (Å²) in [5, 5.41) is 0. The average Bonchev–Trinajstić information content (AvgIpc) is 3.18. The van der Waals surface area contributed by atoms with E-state index in [-0.39, 0.29) is 6.04 Å². The van der Waals surface area contributed by atoms with Crippen LogP contribution in [0.25, 0.3) is 0 Å². The van der Waals surface area contributed by atoms with E-state index >= 15 is 0 Å². The zero-order chi connectivity index (χ0) is 15.7. The molecule has 2 saturated heterocycles. The molecular weight excluding hydrogens is 302 g/mol. The molecule has 6 nitrogen and oxygen atoms in total. The molecule has 2 aliphatic rings. The summed E-state index contributed by atoms with van der Waals surface area (Å²) in [6.45, 7) is 1.78. The first-order chi connectivity index (χ1) is 10.5. The van der Waals surface area contributed by atoms with Crippen LogP contribution < -0.4 is 0 Å². The number of hydrogen-bond donors (Lipinski definition) is 0. The summed E-state index contributed by atoms with van der Waals surface area (Å²) in [6, 6.07) is 3.84. The Bertz CT molecular complexity index is 585. The summed E-state index contributed by atoms with van der Waals surface area (Å²) in [5.74, 6) is 0.752. The Morgan fingerprint density at radius 1 is 1.23 bits per heavy atom. The fraction of sp³-hybridized carbons (Fsp3) is 0.733. The van der Waals surface area contributed by atoms with Crippen LogP contribution >= 0.6 is 0 Å². The van der Waals surface area contributed by atoms with Crippen LogP contribution in [0.15, 0.2) is 22.8 Å². The van der Waals surface area contributed by atoms with Gasteiger partial charge in [0.25, 0.3) is 10.2 Å². The van der Waals surface area contributed by atoms with Gasteiger partial charge in [0.05, 0.1) is 12.3 Å². The van der Waals surface area contributed by atoms with Crippen LogP contribution in [0.4, 0.5) is 0 Å². The minimum absolute atomic E-state index is 0.153. The smallest absolute Gasteiger partial charge is 0.282 e. The van der Waals surface area contributed by atoms with E-state index in [0.717, 1.165) is 31.4 Å². The van der Waals surface area contributed by atoms with Crippen molar-refractivity contribution in [2.24, 2.45) is 0 Å². The first kappa shape index (κ1) is 16.0. The maximum Gasteiger partial charge on any atom is 0.282 e. The zero-order valence-corrected chi connectivity index (χ0v) is 14.1. The summed E-state index contributed by atoms with van der Waals surface area (Å²) in [7, 11) is 0.609. The lowest BCUT2D eigenvalue weighted by molar-refractivity contribution is 0.180. The van der Waals surface area contributed by atoms with Crippen LogP contribution in [0.1, 0.15) is 37.5 Å². The highest BCUT2D eigenvalue weighted by Gasteiger charge is 2.41. The average molecular weight is 327 g/mol. The molecule has 22 heavy (non-hydrogen) atoms. The standard InChI is InChI=1S/C15H25N3O3S/c1-16(2)13-6-3-9-17(12-13)22(19,20)18-10-4-7-14(18)15-8-5-11-21-15/h5,8,11,13-14H,3-4,6-7,9-10,12H2,1-2H3/t13-,14-/m1/s1. The Morgan fingerprint density at radius 2 is 2.00 bits per heavy atom. The maximum atomic E-state index is 13.1. The lowest BCUT2D eigenvalue weighted by atomic mass is 10.1. The van der Waals surface area contributed by atoms with Gasteiger partial charge < -0.3 is 9.32 Å². The number of nitrogens with zero attached hydrogens (tertiary/aromatic N) is 3. The fourth-order valence-corrected chi connectivity index (χ4v) is 5.39. The van der Waals surface area contributed by atoms with Gasteiger partial charge in [-0.15, -0.1) is 0 Å². The molecule has 124 valence electrons. The lowest BCUT2D eigenvalue weighted by Gasteiger charge is -2.38. The van der Waals surface area contributed by atoms with Crippen LogP contribution in [0.2, 0.25) is 0 Å². The highest BCUT2D eigenvalue weighted by molar-refractivity contribution is 7.86. The lowest BCUT2D eigenvalue weighted by Crippen LogP contribution is -2.51. The fourth-order valence-electron chi connectivity index (χ4n) is 3.48. The van der Waals surface area contributed by atoms with Crippen molar-refractivity contribution < 1.29 is 12.8 Å². The van der Waals surface area contributed by atoms with Gasteiger partial charge in [-0.05, 0) is 51.9 Å². The molecule has 0 saturated carbocycles. The van der Waals surface area contributed by atoms with E-state index in [9.17, 15) is 8.42 Å². The molecule has 0 N–H and O–H groups in total. The molecule has 0 spiro atoms. The van der Waals surface area contributed by atoms with E-state index in [2.05, 4.69) is 4.90 Å². The van der Waals surface area contributed by atoms with Crippen LogP contribution in [-0.4, -0.2) is 61.7 Å². The molecule has 0 aliphatic carbocycles. The molecule has 0 bridgehead atoms. The van der Waals surface area contributed by atoms with Crippen molar-refractivity contribution in [1.82, 2.24) is 13.5 Å². The predicted molar refractivity (Wildman–Crippen MR) is 84.6 cm³/mol. The zero-order valence-electron chi connectivity index (χ0n) is 13.3. The number of likely N-dealkylation sites (N-methyl/N-ethyl adjacent to an activating group) is 1. The van der Waals surface area contributed by atoms with Gasteiger partial charge >= 0.3 is 0 Å². The Hall–Kier alpha value is -0.890. The van der Waals surface area contributed by atoms with E-state index in [1.165, 1.54) is 0 Å². The van der Waals surface area contributed by atoms with Gasteiger partial charge in [0.1, 0.15) is 5.76 Å². The molecule has 0 unspecified atom stereocenters. The topological polar surface area (TPSA) is 57.0 Å². The molecule has 3 heterocycles. The largest absolute Gasteiger partial charge is 0.468 e. The van der Waals surface area contributed by atoms with Crippen LogP contribution in [0, 0.1) is 0 Å². The summed E-state index contributed by atoms with van der Waals surface area (Å²) in [4.78, 5) is 2.12. The molecule has 0 radical (unpaired) electrons. The van der Waals surface area contributed by atoms with Crippen molar-refractivity contribution >= 4 is 10.2 Å². The van der Waals surface area contributed by atoms with E-state index in [1.54, 1.807) is 14.9 Å². The molecule has 2 atom stereocenters. The third kappa shape index (κ3) is 2.95. The maximum absolute atomic E-state index is 13.1. The third-order valence-corrected chi connectivity index (χ3v) is 6.80. The molecule has 7 heteroatoms. The number of furan rings is 1. The summed E-state index contributed by atoms with van der Waals surface area (Å²) in [5.41, 5.74) is 0. The number of hydrogen-bond acceptors (Lipinski definition) is 4. The number of piperidine rings is 1. The van der Waals surface area contributed by atoms with E-state index in [4.69, 9.17) is 4.42 Å². The van der Waals surface area contributed by atoms with Crippen molar-refractivity contribution in [2.75, 3.05) is 33.7 Å². The van der Waals surface area contributed by atoms with Crippen molar-refractivity contribution in [1.29, 1.82) is 0 Å². The Morgan fingerprint density at radius 3 is 2.68 bits per heavy atom. The Kier molecular flexibility index (Phi) is 4.59. The second-order valence-corrected chi connectivity index (χ2v) is 8.29. The normalized spacial score (nSPS) is 28.5. The molecule has 2 aliphatic heterocycles. The van der Waals surface area contributed by atoms with Gasteiger partial charge in [0.15, 0.2) is 0 Å². The van der Waals surface area contributed by atoms with Crippen LogP contribution in [0.5, 0.6) is 0 Å². The van der Waals surface area contributed by atoms with Gasteiger partial charge in [-0.2, -0.15) is 17.0 Å². The highest BCUT2D eigenvalue weighted by Crippen LogP contribution is 2.36. The van der Waals surface area contributed by atoms with E-state index < -0.39 is 10.2 Å². The highest BCUT2D eigenvalue weighted by atomic mass is 32.2. The summed E-state index contributed by atoms with van der Waals surface area (Å²) < 4.78 is 34.8. The van der Waals surface area contributed by atoms with E-state index in [1.807, 2.05) is 26.2 Å². The first-order valence-electron chi connectivity index (χ1n) is 7.97. The van der Waals surface area contributed by atoms with Gasteiger partial charge in [0.2, 0.25) is 0 Å². The van der Waals surface area contributed by atoms with Crippen LogP contribution in [0.3, 0.4) is 0 Å². The molecule has 3 rings (SSSR count). The van der Waals surface area contributed by atoms with Crippen molar-refractivity contribution in [3.63, 3.8) is 0 Å². The third-order valence-electron chi connectivity index (χ3n) is 4.79. The molecule has 0 amide bonds. The Labute approximate surface area is 132 Å². The van der Waals surface area contributed by atoms with Crippen LogP contribution in [-0.2, 0) is 10.2 Å². The molecular formula is C15H25N3O3S. The van der Waals surface area contributed by atoms with Gasteiger partial charge in [-0.25, -0.2) is 0 Å².